The molecule has 7 rings (SSSR count). The quantitative estimate of drug-likeness (QED) is 0.231. The first-order valence-electron chi connectivity index (χ1n) is 14.3. The van der Waals surface area contributed by atoms with Crippen LogP contribution in [0.25, 0.3) is 33.3 Å². The maximum Gasteiger partial charge on any atom is 0.140 e. The number of hydrogen-bond acceptors (Lipinski definition) is 8. The fourth-order valence-electron chi connectivity index (χ4n) is 5.37. The van der Waals surface area contributed by atoms with Crippen molar-refractivity contribution in [3.05, 3.63) is 91.0 Å². The van der Waals surface area contributed by atoms with E-state index in [1.165, 1.54) is 5.69 Å². The predicted molar refractivity (Wildman–Crippen MR) is 169 cm³/mol. The van der Waals surface area contributed by atoms with E-state index in [4.69, 9.17) is 14.7 Å². The van der Waals surface area contributed by atoms with Gasteiger partial charge in [0.05, 0.1) is 35.5 Å². The van der Waals surface area contributed by atoms with Crippen LogP contribution in [-0.2, 0) is 11.2 Å². The molecule has 9 nitrogen and oxygen atoms in total. The molecule has 0 amide bonds. The third-order valence-electron chi connectivity index (χ3n) is 7.80. The van der Waals surface area contributed by atoms with E-state index < -0.39 is 0 Å². The number of morpholine rings is 1. The first-order valence-corrected chi connectivity index (χ1v) is 14.3. The number of H-pyrrole nitrogens is 1. The number of aromatic nitrogens is 5. The van der Waals surface area contributed by atoms with Crippen molar-refractivity contribution >= 4 is 50.5 Å². The summed E-state index contributed by atoms with van der Waals surface area (Å²) in [5.41, 5.74) is 9.14. The van der Waals surface area contributed by atoms with E-state index in [-0.39, 0.29) is 0 Å². The van der Waals surface area contributed by atoms with Crippen LogP contribution < -0.4 is 15.1 Å². The van der Waals surface area contributed by atoms with Crippen molar-refractivity contribution in [3.8, 4) is 11.4 Å². The molecule has 1 aliphatic rings. The van der Waals surface area contributed by atoms with E-state index in [1.807, 2.05) is 48.9 Å². The van der Waals surface area contributed by atoms with Gasteiger partial charge in [0.15, 0.2) is 0 Å². The van der Waals surface area contributed by atoms with Crippen LogP contribution in [-0.4, -0.2) is 58.3 Å². The number of imidazole rings is 1. The number of aromatic amines is 1. The third kappa shape index (κ3) is 5.10. The molecule has 210 valence electrons. The van der Waals surface area contributed by atoms with E-state index in [9.17, 15) is 0 Å². The average Bonchev–Trinajstić information content (AvgIpc) is 3.49. The normalized spacial score (nSPS) is 13.5. The van der Waals surface area contributed by atoms with Crippen molar-refractivity contribution in [1.82, 2.24) is 24.9 Å². The second-order valence-corrected chi connectivity index (χ2v) is 10.4. The Morgan fingerprint density at radius 1 is 0.881 bits per heavy atom. The minimum atomic E-state index is 0.751. The Bertz CT molecular complexity index is 1860. The molecule has 0 unspecified atom stereocenters. The lowest BCUT2D eigenvalue weighted by atomic mass is 10.1. The molecule has 0 aliphatic carbocycles. The van der Waals surface area contributed by atoms with Crippen molar-refractivity contribution in [3.63, 3.8) is 0 Å². The third-order valence-corrected chi connectivity index (χ3v) is 7.80. The summed E-state index contributed by atoms with van der Waals surface area (Å²) < 4.78 is 5.52. The zero-order chi connectivity index (χ0) is 28.5. The molecule has 5 heterocycles. The summed E-state index contributed by atoms with van der Waals surface area (Å²) in [4.78, 5) is 26.5. The van der Waals surface area contributed by atoms with Crippen LogP contribution >= 0.6 is 0 Å². The standard InChI is InChI=1S/C33H32N8O/c1-3-23-18-25(10-12-34-23)40(2)24-5-8-30-31(20-24)39-33(38-30)22-4-9-32(36-21-22)37-29-11-13-35-28-7-6-26(19-27(28)29)41-14-16-42-17-15-41/h4-13,18-21H,3,14-17H2,1-2H3,(H,38,39)(H,35,36,37). The predicted octanol–water partition coefficient (Wildman–Crippen LogP) is 6.48. The number of anilines is 5. The van der Waals surface area contributed by atoms with Gasteiger partial charge in [0.25, 0.3) is 0 Å². The zero-order valence-corrected chi connectivity index (χ0v) is 23.7. The van der Waals surface area contributed by atoms with Gasteiger partial charge in [0.1, 0.15) is 11.6 Å². The number of benzene rings is 2. The first kappa shape index (κ1) is 25.9. The van der Waals surface area contributed by atoms with Crippen LogP contribution in [0, 0.1) is 0 Å². The fraction of sp³-hybridized carbons (Fsp3) is 0.212. The summed E-state index contributed by atoms with van der Waals surface area (Å²) in [6.45, 7) is 5.40. The fourth-order valence-corrected chi connectivity index (χ4v) is 5.37. The van der Waals surface area contributed by atoms with Crippen LogP contribution in [0.2, 0.25) is 0 Å². The Balaban J connectivity index is 1.11. The molecule has 2 aromatic carbocycles. The van der Waals surface area contributed by atoms with Gasteiger partial charge in [-0.2, -0.15) is 0 Å². The minimum Gasteiger partial charge on any atom is -0.378 e. The number of rotatable bonds is 7. The summed E-state index contributed by atoms with van der Waals surface area (Å²) in [6.07, 6.45) is 6.44. The highest BCUT2D eigenvalue weighted by atomic mass is 16.5. The summed E-state index contributed by atoms with van der Waals surface area (Å²) in [6, 6.07) is 22.8. The summed E-state index contributed by atoms with van der Waals surface area (Å²) in [5.74, 6) is 1.54. The molecule has 6 aromatic rings. The summed E-state index contributed by atoms with van der Waals surface area (Å²) in [7, 11) is 2.07. The second-order valence-electron chi connectivity index (χ2n) is 10.4. The molecule has 0 bridgehead atoms. The molecule has 4 aromatic heterocycles. The summed E-state index contributed by atoms with van der Waals surface area (Å²) in [5, 5.41) is 4.55. The van der Waals surface area contributed by atoms with Crippen LogP contribution in [0.5, 0.6) is 0 Å². The average molecular weight is 557 g/mol. The largest absolute Gasteiger partial charge is 0.378 e. The van der Waals surface area contributed by atoms with Gasteiger partial charge in [0, 0.05) is 72.4 Å². The van der Waals surface area contributed by atoms with Crippen molar-refractivity contribution in [2.45, 2.75) is 13.3 Å². The van der Waals surface area contributed by atoms with Gasteiger partial charge >= 0.3 is 0 Å². The molecule has 0 saturated carbocycles. The van der Waals surface area contributed by atoms with Gasteiger partial charge in [-0.1, -0.05) is 6.92 Å². The molecule has 0 spiro atoms. The van der Waals surface area contributed by atoms with Crippen molar-refractivity contribution < 1.29 is 4.74 Å². The smallest absolute Gasteiger partial charge is 0.140 e. The Hall–Kier alpha value is -5.02. The second kappa shape index (κ2) is 11.1. The Morgan fingerprint density at radius 3 is 2.55 bits per heavy atom. The molecular formula is C33H32N8O. The lowest BCUT2D eigenvalue weighted by molar-refractivity contribution is 0.122. The van der Waals surface area contributed by atoms with E-state index >= 15 is 0 Å². The highest BCUT2D eigenvalue weighted by Gasteiger charge is 2.14. The number of hydrogen-bond donors (Lipinski definition) is 2. The maximum absolute atomic E-state index is 5.52. The van der Waals surface area contributed by atoms with Crippen LogP contribution in [0.4, 0.5) is 28.6 Å². The molecule has 0 radical (unpaired) electrons. The highest BCUT2D eigenvalue weighted by molar-refractivity contribution is 5.95. The minimum absolute atomic E-state index is 0.751. The van der Waals surface area contributed by atoms with Gasteiger partial charge in [-0.3, -0.25) is 9.97 Å². The van der Waals surface area contributed by atoms with E-state index in [1.54, 1.807) is 0 Å². The van der Waals surface area contributed by atoms with Crippen LogP contribution in [0.1, 0.15) is 12.6 Å². The van der Waals surface area contributed by atoms with Crippen LogP contribution in [0.3, 0.4) is 0 Å². The molecule has 1 saturated heterocycles. The monoisotopic (exact) mass is 556 g/mol. The topological polar surface area (TPSA) is 95.1 Å². The maximum atomic E-state index is 5.52. The zero-order valence-electron chi connectivity index (χ0n) is 23.7. The van der Waals surface area contributed by atoms with Gasteiger partial charge in [-0.15, -0.1) is 0 Å². The van der Waals surface area contributed by atoms with Crippen molar-refractivity contribution in [2.24, 2.45) is 0 Å². The highest BCUT2D eigenvalue weighted by Crippen LogP contribution is 2.31. The molecular weight excluding hydrogens is 524 g/mol. The first-order chi connectivity index (χ1) is 20.6. The van der Waals surface area contributed by atoms with Gasteiger partial charge in [-0.25, -0.2) is 9.97 Å². The Morgan fingerprint density at radius 2 is 1.71 bits per heavy atom. The van der Waals surface area contributed by atoms with Gasteiger partial charge < -0.3 is 24.8 Å². The number of fused-ring (bicyclic) bond motifs is 2. The van der Waals surface area contributed by atoms with Crippen molar-refractivity contribution in [2.75, 3.05) is 48.5 Å². The molecule has 9 heteroatoms. The SMILES string of the molecule is CCc1cc(N(C)c2ccc3nc(-c4ccc(Nc5ccnc6ccc(N7CCOCC7)cc56)nc4)[nH]c3c2)ccn1. The lowest BCUT2D eigenvalue weighted by Crippen LogP contribution is -2.36. The number of nitrogens with zero attached hydrogens (tertiary/aromatic N) is 6. The molecule has 0 atom stereocenters. The molecule has 1 aliphatic heterocycles. The molecule has 2 N–H and O–H groups in total. The number of pyridine rings is 3. The molecule has 1 fully saturated rings. The van der Waals surface area contributed by atoms with E-state index in [0.29, 0.717) is 0 Å². The van der Waals surface area contributed by atoms with Gasteiger partial charge in [-0.05, 0) is 73.2 Å². The summed E-state index contributed by atoms with van der Waals surface area (Å²) >= 11 is 0. The van der Waals surface area contributed by atoms with Gasteiger partial charge in [0.2, 0.25) is 0 Å². The number of nitrogens with one attached hydrogen (secondary N) is 2. The number of aryl methyl sites for hydroxylation is 1. The van der Waals surface area contributed by atoms with E-state index in [2.05, 4.69) is 80.4 Å². The molecule has 42 heavy (non-hydrogen) atoms. The van der Waals surface area contributed by atoms with E-state index in [0.717, 1.165) is 94.6 Å². The lowest BCUT2D eigenvalue weighted by Gasteiger charge is -2.29. The Kier molecular flexibility index (Phi) is 6.85. The van der Waals surface area contributed by atoms with Crippen LogP contribution in [0.15, 0.2) is 85.3 Å². The van der Waals surface area contributed by atoms with Crippen molar-refractivity contribution in [1.29, 1.82) is 0 Å². The number of ether oxygens (including phenoxy) is 1. The Labute approximate surface area is 244 Å².